The summed E-state index contributed by atoms with van der Waals surface area (Å²) in [4.78, 5) is 18.2. The number of carbonyl (C=O) groups is 1. The first-order chi connectivity index (χ1) is 16.8. The number of nitrogens with zero attached hydrogens (tertiary/aromatic N) is 2. The van der Waals surface area contributed by atoms with Gasteiger partial charge in [0.15, 0.2) is 11.5 Å². The van der Waals surface area contributed by atoms with E-state index < -0.39 is 11.0 Å². The van der Waals surface area contributed by atoms with Gasteiger partial charge in [-0.1, -0.05) is 25.8 Å². The van der Waals surface area contributed by atoms with Crippen molar-refractivity contribution in [1.29, 1.82) is 0 Å². The van der Waals surface area contributed by atoms with Gasteiger partial charge < -0.3 is 19.8 Å². The van der Waals surface area contributed by atoms with E-state index in [4.69, 9.17) is 4.74 Å². The highest BCUT2D eigenvalue weighted by atomic mass is 16.5. The molecule has 1 aromatic carbocycles. The molecular formula is C29H40N2O4. The summed E-state index contributed by atoms with van der Waals surface area (Å²) in [6, 6.07) is 3.79. The third-order valence-electron chi connectivity index (χ3n) is 11.1. The Bertz CT molecular complexity index is 1050. The van der Waals surface area contributed by atoms with E-state index in [0.29, 0.717) is 18.1 Å². The van der Waals surface area contributed by atoms with Crippen LogP contribution in [-0.4, -0.2) is 69.8 Å². The lowest BCUT2D eigenvalue weighted by molar-refractivity contribution is -0.201. The monoisotopic (exact) mass is 480 g/mol. The van der Waals surface area contributed by atoms with Crippen LogP contribution < -0.4 is 4.74 Å². The number of aliphatic hydroxyl groups is 1. The molecule has 0 aromatic heterocycles. The third kappa shape index (κ3) is 2.93. The van der Waals surface area contributed by atoms with Gasteiger partial charge in [0.05, 0.1) is 17.1 Å². The number of rotatable bonds is 5. The predicted octanol–water partition coefficient (Wildman–Crippen LogP) is 3.61. The number of likely N-dealkylation sites (N-methyl/N-ethyl adjacent to an activating group) is 1. The van der Waals surface area contributed by atoms with Crippen LogP contribution in [0.4, 0.5) is 0 Å². The Balaban J connectivity index is 1.28. The number of benzene rings is 1. The fourth-order valence-electron chi connectivity index (χ4n) is 9.00. The van der Waals surface area contributed by atoms with Crippen molar-refractivity contribution in [3.05, 3.63) is 23.3 Å². The highest BCUT2D eigenvalue weighted by Gasteiger charge is 2.73. The highest BCUT2D eigenvalue weighted by Crippen LogP contribution is 2.66. The molecule has 4 aliphatic carbocycles. The number of ether oxygens (including phenoxy) is 1. The van der Waals surface area contributed by atoms with Gasteiger partial charge in [-0.3, -0.25) is 9.69 Å². The fraction of sp³-hybridized carbons (Fsp3) is 0.759. The van der Waals surface area contributed by atoms with Crippen molar-refractivity contribution in [1.82, 2.24) is 9.80 Å². The molecule has 35 heavy (non-hydrogen) atoms. The summed E-state index contributed by atoms with van der Waals surface area (Å²) in [5, 5.41) is 23.5. The smallest absolute Gasteiger partial charge is 0.225 e. The number of hydrogen-bond donors (Lipinski definition) is 2. The lowest BCUT2D eigenvalue weighted by Gasteiger charge is -2.64. The standard InChI is InChI=1S/C29H40N2O4/c1-17(19-5-3-4-6-19)27(33)30(2)21-11-12-29(34)23-15-20-9-10-22(32)25-24(20)28(29,26(21)35-25)13-14-31(23)16-18-7-8-18/h9-10,17-19,21,23,26,32,34H,3-8,11-16H2,1-2H3/t17?,21-,23+,26-,28-,29+/m0/s1. The van der Waals surface area contributed by atoms with E-state index in [1.165, 1.54) is 31.2 Å². The van der Waals surface area contributed by atoms with Crippen molar-refractivity contribution >= 4 is 5.91 Å². The molecule has 7 rings (SSSR count). The van der Waals surface area contributed by atoms with Crippen LogP contribution in [-0.2, 0) is 16.6 Å². The number of likely N-dealkylation sites (tertiary alicyclic amines) is 1. The number of aromatic hydroxyl groups is 1. The molecule has 1 aromatic rings. The van der Waals surface area contributed by atoms with Gasteiger partial charge in [-0.25, -0.2) is 0 Å². The van der Waals surface area contributed by atoms with Crippen molar-refractivity contribution in [3.8, 4) is 11.5 Å². The maximum absolute atomic E-state index is 13.7. The number of phenolic OH excluding ortho intramolecular Hbond substituents is 1. The third-order valence-corrected chi connectivity index (χ3v) is 11.1. The van der Waals surface area contributed by atoms with Gasteiger partial charge in [0.25, 0.3) is 0 Å². The first-order valence-electron chi connectivity index (χ1n) is 14.1. The largest absolute Gasteiger partial charge is 0.504 e. The summed E-state index contributed by atoms with van der Waals surface area (Å²) in [6.45, 7) is 4.13. The number of phenols is 1. The number of hydrogen-bond acceptors (Lipinski definition) is 5. The van der Waals surface area contributed by atoms with Gasteiger partial charge in [-0.05, 0) is 81.4 Å². The van der Waals surface area contributed by atoms with Crippen LogP contribution >= 0.6 is 0 Å². The van der Waals surface area contributed by atoms with Crippen LogP contribution in [0.25, 0.3) is 0 Å². The van der Waals surface area contributed by atoms with Crippen molar-refractivity contribution in [3.63, 3.8) is 0 Å². The molecule has 4 fully saturated rings. The van der Waals surface area contributed by atoms with Crippen LogP contribution in [0.2, 0.25) is 0 Å². The van der Waals surface area contributed by atoms with Crippen LogP contribution in [0.1, 0.15) is 75.8 Å². The minimum absolute atomic E-state index is 0.0213. The summed E-state index contributed by atoms with van der Waals surface area (Å²) in [7, 11) is 1.95. The Morgan fingerprint density at radius 3 is 2.71 bits per heavy atom. The Hall–Kier alpha value is -1.79. The number of piperidine rings is 1. The summed E-state index contributed by atoms with van der Waals surface area (Å²) in [5.74, 6) is 2.22. The lowest BCUT2D eigenvalue weighted by Crippen LogP contribution is -2.78. The molecule has 190 valence electrons. The van der Waals surface area contributed by atoms with Gasteiger partial charge in [-0.15, -0.1) is 0 Å². The van der Waals surface area contributed by atoms with E-state index in [9.17, 15) is 15.0 Å². The Kier molecular flexibility index (Phi) is 4.87. The quantitative estimate of drug-likeness (QED) is 0.674. The van der Waals surface area contributed by atoms with Crippen LogP contribution in [0.15, 0.2) is 12.1 Å². The highest BCUT2D eigenvalue weighted by molar-refractivity contribution is 5.79. The second kappa shape index (κ2) is 7.61. The Labute approximate surface area is 208 Å². The first kappa shape index (κ1) is 22.4. The van der Waals surface area contributed by atoms with Gasteiger partial charge >= 0.3 is 0 Å². The molecule has 6 atom stereocenters. The molecule has 1 saturated heterocycles. The fourth-order valence-corrected chi connectivity index (χ4v) is 9.00. The Morgan fingerprint density at radius 2 is 1.97 bits per heavy atom. The minimum Gasteiger partial charge on any atom is -0.504 e. The second-order valence-corrected chi connectivity index (χ2v) is 12.7. The number of amides is 1. The SMILES string of the molecule is CC(C(=O)N(C)[C@H]1CC[C@@]2(O)[C@H]3Cc4ccc(O)c5c4[C@@]2(CCN3CC2CC2)[C@H]1O5)C1CCCC1. The zero-order valence-corrected chi connectivity index (χ0v) is 21.2. The molecule has 2 heterocycles. The lowest BCUT2D eigenvalue weighted by atomic mass is 9.48. The maximum atomic E-state index is 13.7. The van der Waals surface area contributed by atoms with Gasteiger partial charge in [0, 0.05) is 31.1 Å². The van der Waals surface area contributed by atoms with E-state index >= 15 is 0 Å². The average molecular weight is 481 g/mol. The van der Waals surface area contributed by atoms with Gasteiger partial charge in [-0.2, -0.15) is 0 Å². The van der Waals surface area contributed by atoms with E-state index in [-0.39, 0.29) is 35.8 Å². The summed E-state index contributed by atoms with van der Waals surface area (Å²) in [5.41, 5.74) is 0.799. The molecule has 2 N–H and O–H groups in total. The van der Waals surface area contributed by atoms with E-state index in [0.717, 1.165) is 56.7 Å². The van der Waals surface area contributed by atoms with Crippen LogP contribution in [0.3, 0.4) is 0 Å². The first-order valence-corrected chi connectivity index (χ1v) is 14.1. The van der Waals surface area contributed by atoms with Crippen molar-refractivity contribution in [2.45, 2.75) is 100 Å². The second-order valence-electron chi connectivity index (χ2n) is 12.7. The van der Waals surface area contributed by atoms with Gasteiger partial charge in [0.2, 0.25) is 5.91 Å². The number of carbonyl (C=O) groups excluding carboxylic acids is 1. The molecule has 1 spiro atoms. The molecular weight excluding hydrogens is 440 g/mol. The summed E-state index contributed by atoms with van der Waals surface area (Å²) >= 11 is 0. The molecule has 1 amide bonds. The topological polar surface area (TPSA) is 73.2 Å². The van der Waals surface area contributed by atoms with Gasteiger partial charge in [0.1, 0.15) is 6.10 Å². The normalized spacial score (nSPS) is 38.7. The molecule has 6 heteroatoms. The van der Waals surface area contributed by atoms with E-state index in [1.54, 1.807) is 6.07 Å². The molecule has 1 unspecified atom stereocenters. The summed E-state index contributed by atoms with van der Waals surface area (Å²) < 4.78 is 6.67. The zero-order valence-electron chi connectivity index (χ0n) is 21.2. The molecule has 6 nitrogen and oxygen atoms in total. The molecule has 6 aliphatic rings. The Morgan fingerprint density at radius 1 is 1.20 bits per heavy atom. The van der Waals surface area contributed by atoms with Crippen LogP contribution in [0.5, 0.6) is 11.5 Å². The summed E-state index contributed by atoms with van der Waals surface area (Å²) in [6.07, 6.45) is 10.1. The van der Waals surface area contributed by atoms with Crippen molar-refractivity contribution < 1.29 is 19.7 Å². The zero-order chi connectivity index (χ0) is 24.1. The van der Waals surface area contributed by atoms with Crippen molar-refractivity contribution in [2.75, 3.05) is 20.1 Å². The van der Waals surface area contributed by atoms with E-state index in [2.05, 4.69) is 17.9 Å². The molecule has 2 bridgehead atoms. The average Bonchev–Trinajstić information content (AvgIpc) is 3.35. The molecule has 0 radical (unpaired) electrons. The predicted molar refractivity (Wildman–Crippen MR) is 132 cm³/mol. The van der Waals surface area contributed by atoms with Crippen LogP contribution in [0, 0.1) is 17.8 Å². The molecule has 3 saturated carbocycles. The van der Waals surface area contributed by atoms with E-state index in [1.807, 2.05) is 11.9 Å². The maximum Gasteiger partial charge on any atom is 0.225 e. The minimum atomic E-state index is -0.895. The van der Waals surface area contributed by atoms with Crippen molar-refractivity contribution in [2.24, 2.45) is 17.8 Å². The molecule has 2 aliphatic heterocycles.